The van der Waals surface area contributed by atoms with Gasteiger partial charge >= 0.3 is 6.09 Å². The number of imide groups is 1. The lowest BCUT2D eigenvalue weighted by atomic mass is 10.1. The Morgan fingerprint density at radius 1 is 1.26 bits per heavy atom. The summed E-state index contributed by atoms with van der Waals surface area (Å²) >= 11 is 1.26. The van der Waals surface area contributed by atoms with E-state index in [4.69, 9.17) is 0 Å². The van der Waals surface area contributed by atoms with Crippen LogP contribution in [-0.2, 0) is 9.53 Å². The lowest BCUT2D eigenvalue weighted by Crippen LogP contribution is -2.32. The van der Waals surface area contributed by atoms with Crippen LogP contribution in [0.25, 0.3) is 5.69 Å². The van der Waals surface area contributed by atoms with Gasteiger partial charge in [-0.3, -0.25) is 14.7 Å². The van der Waals surface area contributed by atoms with E-state index in [0.29, 0.717) is 5.16 Å². The highest BCUT2D eigenvalue weighted by Gasteiger charge is 2.12. The summed E-state index contributed by atoms with van der Waals surface area (Å²) in [6.07, 6.45) is 2.80. The Morgan fingerprint density at radius 2 is 1.96 bits per heavy atom. The van der Waals surface area contributed by atoms with Crippen molar-refractivity contribution in [2.45, 2.75) is 25.9 Å². The Morgan fingerprint density at radius 3 is 2.61 bits per heavy atom. The fourth-order valence-electron chi connectivity index (χ4n) is 2.13. The second-order valence-electron chi connectivity index (χ2n) is 4.98. The van der Waals surface area contributed by atoms with Gasteiger partial charge in [-0.05, 0) is 44.0 Å². The van der Waals surface area contributed by atoms with Crippen LogP contribution in [-0.4, -0.2) is 33.9 Å². The number of carbonyl (C=O) groups is 2. The molecular weight excluding hydrogens is 314 g/mol. The van der Waals surface area contributed by atoms with Crippen molar-refractivity contribution in [3.63, 3.8) is 0 Å². The van der Waals surface area contributed by atoms with Gasteiger partial charge in [0.25, 0.3) is 0 Å². The van der Waals surface area contributed by atoms with Crippen molar-refractivity contribution < 1.29 is 14.3 Å². The summed E-state index contributed by atoms with van der Waals surface area (Å²) in [5.41, 5.74) is 3.31. The van der Waals surface area contributed by atoms with Gasteiger partial charge in [-0.25, -0.2) is 9.78 Å². The van der Waals surface area contributed by atoms with E-state index in [1.807, 2.05) is 24.6 Å². The van der Waals surface area contributed by atoms with Crippen molar-refractivity contribution in [1.29, 1.82) is 0 Å². The first-order chi connectivity index (χ1) is 11.0. The number of aromatic nitrogens is 2. The molecule has 0 aliphatic rings. The zero-order valence-corrected chi connectivity index (χ0v) is 14.1. The van der Waals surface area contributed by atoms with Gasteiger partial charge in [-0.1, -0.05) is 17.8 Å². The summed E-state index contributed by atoms with van der Waals surface area (Å²) in [5, 5.41) is 2.85. The Bertz CT molecular complexity index is 692. The normalized spacial score (nSPS) is 10.4. The van der Waals surface area contributed by atoms with E-state index in [9.17, 15) is 9.59 Å². The first kappa shape index (κ1) is 17.1. The van der Waals surface area contributed by atoms with E-state index < -0.39 is 12.0 Å². The van der Waals surface area contributed by atoms with E-state index in [2.05, 4.69) is 33.2 Å². The standard InChI is InChI=1S/C16H19N3O3S/c1-4-22-16(21)18-14(20)10-23-15-17-5-6-19(15)13-8-11(2)7-12(3)9-13/h5-9H,4,10H2,1-3H3,(H,18,20,21). The van der Waals surface area contributed by atoms with Crippen LogP contribution in [0.15, 0.2) is 35.7 Å². The summed E-state index contributed by atoms with van der Waals surface area (Å²) in [7, 11) is 0. The van der Waals surface area contributed by atoms with Crippen molar-refractivity contribution in [3.8, 4) is 5.69 Å². The number of nitrogens with zero attached hydrogens (tertiary/aromatic N) is 2. The highest BCUT2D eigenvalue weighted by Crippen LogP contribution is 2.22. The van der Waals surface area contributed by atoms with Crippen LogP contribution < -0.4 is 5.32 Å². The Labute approximate surface area is 139 Å². The van der Waals surface area contributed by atoms with Crippen LogP contribution in [0.5, 0.6) is 0 Å². The van der Waals surface area contributed by atoms with Gasteiger partial charge in [-0.15, -0.1) is 0 Å². The zero-order valence-electron chi connectivity index (χ0n) is 13.3. The van der Waals surface area contributed by atoms with Gasteiger partial charge in [-0.2, -0.15) is 0 Å². The maximum atomic E-state index is 11.7. The minimum absolute atomic E-state index is 0.0840. The van der Waals surface area contributed by atoms with Crippen LogP contribution in [0.1, 0.15) is 18.1 Å². The van der Waals surface area contributed by atoms with Crippen molar-refractivity contribution in [2.75, 3.05) is 12.4 Å². The number of thioether (sulfide) groups is 1. The molecule has 0 radical (unpaired) electrons. The lowest BCUT2D eigenvalue weighted by molar-refractivity contribution is -0.117. The quantitative estimate of drug-likeness (QED) is 0.852. The van der Waals surface area contributed by atoms with Crippen LogP contribution in [0.2, 0.25) is 0 Å². The molecule has 1 N–H and O–H groups in total. The van der Waals surface area contributed by atoms with Gasteiger partial charge in [0.1, 0.15) is 0 Å². The number of rotatable bonds is 5. The van der Waals surface area contributed by atoms with Gasteiger partial charge in [0.05, 0.1) is 12.4 Å². The minimum Gasteiger partial charge on any atom is -0.450 e. The number of carbonyl (C=O) groups excluding carboxylic acids is 2. The van der Waals surface area contributed by atoms with E-state index in [1.165, 1.54) is 11.8 Å². The molecule has 1 aromatic carbocycles. The smallest absolute Gasteiger partial charge is 0.413 e. The third kappa shape index (κ3) is 4.85. The summed E-state index contributed by atoms with van der Waals surface area (Å²) in [6.45, 7) is 5.98. The summed E-state index contributed by atoms with van der Waals surface area (Å²) < 4.78 is 6.59. The molecule has 0 saturated carbocycles. The molecule has 6 nitrogen and oxygen atoms in total. The highest BCUT2D eigenvalue weighted by atomic mass is 32.2. The molecule has 23 heavy (non-hydrogen) atoms. The molecule has 122 valence electrons. The molecule has 1 aromatic heterocycles. The van der Waals surface area contributed by atoms with Crippen LogP contribution in [0.3, 0.4) is 0 Å². The summed E-state index contributed by atoms with van der Waals surface area (Å²) in [6, 6.07) is 6.20. The average molecular weight is 333 g/mol. The first-order valence-corrected chi connectivity index (χ1v) is 8.19. The van der Waals surface area contributed by atoms with Crippen molar-refractivity contribution in [1.82, 2.24) is 14.9 Å². The number of hydrogen-bond acceptors (Lipinski definition) is 5. The molecule has 0 saturated heterocycles. The number of benzene rings is 1. The van der Waals surface area contributed by atoms with Crippen LogP contribution in [0.4, 0.5) is 4.79 Å². The number of ether oxygens (including phenoxy) is 1. The zero-order chi connectivity index (χ0) is 16.8. The minimum atomic E-state index is -0.726. The van der Waals surface area contributed by atoms with Crippen LogP contribution >= 0.6 is 11.8 Å². The number of aryl methyl sites for hydroxylation is 2. The fraction of sp³-hybridized carbons (Fsp3) is 0.312. The monoisotopic (exact) mass is 333 g/mol. The Hall–Kier alpha value is -2.28. The number of alkyl carbamates (subject to hydrolysis) is 1. The number of hydrogen-bond donors (Lipinski definition) is 1. The molecule has 1 heterocycles. The van der Waals surface area contributed by atoms with Gasteiger partial charge in [0, 0.05) is 18.1 Å². The summed E-state index contributed by atoms with van der Waals surface area (Å²) in [4.78, 5) is 27.2. The molecule has 0 atom stereocenters. The second kappa shape index (κ2) is 7.82. The predicted octanol–water partition coefficient (Wildman–Crippen LogP) is 2.85. The molecule has 0 spiro atoms. The first-order valence-electron chi connectivity index (χ1n) is 7.21. The lowest BCUT2D eigenvalue weighted by Gasteiger charge is -2.09. The van der Waals surface area contributed by atoms with Gasteiger partial charge in [0.2, 0.25) is 5.91 Å². The molecule has 0 fully saturated rings. The van der Waals surface area contributed by atoms with E-state index in [-0.39, 0.29) is 12.4 Å². The van der Waals surface area contributed by atoms with Gasteiger partial charge < -0.3 is 4.74 Å². The number of amides is 2. The Balaban J connectivity index is 2.04. The van der Waals surface area contributed by atoms with Gasteiger partial charge in [0.15, 0.2) is 5.16 Å². The molecule has 2 rings (SSSR count). The number of imidazole rings is 1. The van der Waals surface area contributed by atoms with Crippen LogP contribution in [0, 0.1) is 13.8 Å². The largest absolute Gasteiger partial charge is 0.450 e. The third-order valence-corrected chi connectivity index (χ3v) is 3.91. The SMILES string of the molecule is CCOC(=O)NC(=O)CSc1nccn1-c1cc(C)cc(C)c1. The predicted molar refractivity (Wildman–Crippen MR) is 88.9 cm³/mol. The van der Waals surface area contributed by atoms with Crippen molar-refractivity contribution in [2.24, 2.45) is 0 Å². The van der Waals surface area contributed by atoms with E-state index in [1.54, 1.807) is 13.1 Å². The van der Waals surface area contributed by atoms with Crippen molar-refractivity contribution in [3.05, 3.63) is 41.7 Å². The van der Waals surface area contributed by atoms with E-state index >= 15 is 0 Å². The summed E-state index contributed by atoms with van der Waals surface area (Å²) in [5.74, 6) is -0.330. The second-order valence-corrected chi connectivity index (χ2v) is 5.93. The molecule has 2 aromatic rings. The van der Waals surface area contributed by atoms with Crippen molar-refractivity contribution >= 4 is 23.8 Å². The van der Waals surface area contributed by atoms with E-state index in [0.717, 1.165) is 16.8 Å². The molecular formula is C16H19N3O3S. The maximum Gasteiger partial charge on any atom is 0.413 e. The maximum absolute atomic E-state index is 11.7. The average Bonchev–Trinajstić information content (AvgIpc) is 2.92. The molecule has 0 aliphatic heterocycles. The molecule has 7 heteroatoms. The fourth-order valence-corrected chi connectivity index (χ4v) is 2.90. The highest BCUT2D eigenvalue weighted by molar-refractivity contribution is 7.99. The molecule has 0 unspecified atom stereocenters. The topological polar surface area (TPSA) is 73.2 Å². The number of nitrogens with one attached hydrogen (secondary N) is 1. The third-order valence-electron chi connectivity index (χ3n) is 2.94. The Kier molecular flexibility index (Phi) is 5.81. The molecule has 0 aliphatic carbocycles. The molecule has 2 amide bonds. The molecule has 0 bridgehead atoms.